The first kappa shape index (κ1) is 19.9. The van der Waals surface area contributed by atoms with E-state index in [9.17, 15) is 18.0 Å². The molecule has 2 saturated heterocycles. The Morgan fingerprint density at radius 2 is 1.93 bits per heavy atom. The maximum absolute atomic E-state index is 13.4. The summed E-state index contributed by atoms with van der Waals surface area (Å²) in [6, 6.07) is 5.28. The number of halogens is 5. The van der Waals surface area contributed by atoms with Gasteiger partial charge in [0.2, 0.25) is 6.29 Å². The summed E-state index contributed by atoms with van der Waals surface area (Å²) in [6.07, 6.45) is -5.83. The summed E-state index contributed by atoms with van der Waals surface area (Å²) in [5.41, 5.74) is -0.675. The number of hydrogen-bond acceptors (Lipinski definition) is 6. The lowest BCUT2D eigenvalue weighted by atomic mass is 10.1. The highest BCUT2D eigenvalue weighted by Gasteiger charge is 2.44. The van der Waals surface area contributed by atoms with Crippen molar-refractivity contribution in [3.8, 4) is 11.3 Å². The van der Waals surface area contributed by atoms with E-state index in [1.54, 1.807) is 0 Å². The topological polar surface area (TPSA) is 61.3 Å². The van der Waals surface area contributed by atoms with Gasteiger partial charge >= 0.3 is 6.18 Å². The number of carbonyl (C=O) groups excluding carboxylic acids is 1. The molecule has 28 heavy (non-hydrogen) atoms. The molecule has 3 atom stereocenters. The Labute approximate surface area is 171 Å². The second-order valence-electron chi connectivity index (χ2n) is 6.21. The Hall–Kier alpha value is -1.39. The van der Waals surface area contributed by atoms with Gasteiger partial charge in [0.1, 0.15) is 5.69 Å². The summed E-state index contributed by atoms with van der Waals surface area (Å²) < 4.78 is 50.7. The minimum absolute atomic E-state index is 0.0481. The number of thioether (sulfide) groups is 1. The van der Waals surface area contributed by atoms with E-state index >= 15 is 0 Å². The van der Waals surface area contributed by atoms with Crippen LogP contribution in [0.25, 0.3) is 11.3 Å². The molecule has 1 aromatic carbocycles. The fourth-order valence-electron chi connectivity index (χ4n) is 2.89. The van der Waals surface area contributed by atoms with Crippen LogP contribution in [0.15, 0.2) is 29.4 Å². The monoisotopic (exact) mass is 450 g/mol. The van der Waals surface area contributed by atoms with Crippen LogP contribution in [0, 0.1) is 0 Å². The SMILES string of the molecule is O=C1C[C@H](Sc2nc(-c3ccc(Cl)c(Cl)c3)cc(C(F)(F)F)n2)[C@@H]2CO[C@@H]1O2. The first-order valence-corrected chi connectivity index (χ1v) is 9.72. The summed E-state index contributed by atoms with van der Waals surface area (Å²) in [4.78, 5) is 19.8. The Morgan fingerprint density at radius 3 is 2.64 bits per heavy atom. The number of fused-ring (bicyclic) bond motifs is 2. The van der Waals surface area contributed by atoms with E-state index in [1.807, 2.05) is 0 Å². The van der Waals surface area contributed by atoms with Gasteiger partial charge in [0.15, 0.2) is 10.9 Å². The first-order valence-electron chi connectivity index (χ1n) is 8.09. The molecule has 0 unspecified atom stereocenters. The van der Waals surface area contributed by atoms with Crippen molar-refractivity contribution in [3.05, 3.63) is 40.0 Å². The molecule has 5 nitrogen and oxygen atoms in total. The maximum atomic E-state index is 13.4. The number of ether oxygens (including phenoxy) is 2. The zero-order valence-electron chi connectivity index (χ0n) is 13.9. The quantitative estimate of drug-likeness (QED) is 0.634. The zero-order valence-corrected chi connectivity index (χ0v) is 16.2. The number of rotatable bonds is 3. The first-order chi connectivity index (χ1) is 13.2. The standard InChI is InChI=1S/C17H11Cl2F3N2O3S/c18-8-2-1-7(3-9(8)19)10-4-14(17(20,21)22)24-16(23-10)28-13-5-11(25)15-26-6-12(13)27-15/h1-4,12-13,15H,5-6H2/t12-,13-,15+/m0/s1. The molecule has 0 saturated carbocycles. The van der Waals surface area contributed by atoms with Crippen molar-refractivity contribution in [2.75, 3.05) is 6.61 Å². The van der Waals surface area contributed by atoms with Gasteiger partial charge in [-0.15, -0.1) is 0 Å². The average Bonchev–Trinajstić information content (AvgIpc) is 3.07. The van der Waals surface area contributed by atoms with Crippen LogP contribution in [-0.2, 0) is 20.4 Å². The minimum Gasteiger partial charge on any atom is -0.343 e. The fourth-order valence-corrected chi connectivity index (χ4v) is 4.30. The van der Waals surface area contributed by atoms with Crippen molar-refractivity contribution < 1.29 is 27.4 Å². The van der Waals surface area contributed by atoms with E-state index in [2.05, 4.69) is 9.97 Å². The molecule has 1 aromatic heterocycles. The van der Waals surface area contributed by atoms with E-state index < -0.39 is 29.5 Å². The fraction of sp³-hybridized carbons (Fsp3) is 0.353. The second kappa shape index (κ2) is 7.46. The highest BCUT2D eigenvalue weighted by molar-refractivity contribution is 7.99. The van der Waals surface area contributed by atoms with Gasteiger partial charge in [0.05, 0.1) is 28.5 Å². The number of ketones is 1. The van der Waals surface area contributed by atoms with Gasteiger partial charge in [-0.25, -0.2) is 9.97 Å². The molecule has 2 bridgehead atoms. The molecule has 2 aliphatic rings. The molecule has 4 rings (SSSR count). The predicted octanol–water partition coefficient (Wildman–Crippen LogP) is 4.64. The van der Waals surface area contributed by atoms with Gasteiger partial charge in [-0.1, -0.05) is 41.0 Å². The van der Waals surface area contributed by atoms with Crippen LogP contribution in [0.5, 0.6) is 0 Å². The summed E-state index contributed by atoms with van der Waals surface area (Å²) in [5, 5.41) is -0.0706. The molecule has 2 aliphatic heterocycles. The van der Waals surface area contributed by atoms with Crippen molar-refractivity contribution >= 4 is 40.7 Å². The van der Waals surface area contributed by atoms with Crippen LogP contribution in [0.3, 0.4) is 0 Å². The maximum Gasteiger partial charge on any atom is 0.433 e. The summed E-state index contributed by atoms with van der Waals surface area (Å²) in [7, 11) is 0. The number of aromatic nitrogens is 2. The Morgan fingerprint density at radius 1 is 1.14 bits per heavy atom. The Kier molecular flexibility index (Phi) is 5.30. The van der Waals surface area contributed by atoms with Crippen LogP contribution in [-0.4, -0.2) is 40.0 Å². The molecule has 0 spiro atoms. The molecule has 2 fully saturated rings. The van der Waals surface area contributed by atoms with Crippen LogP contribution >= 0.6 is 35.0 Å². The van der Waals surface area contributed by atoms with Crippen LogP contribution in [0.4, 0.5) is 13.2 Å². The molecular formula is C17H11Cl2F3N2O3S. The Bertz CT molecular complexity index is 944. The molecule has 11 heteroatoms. The second-order valence-corrected chi connectivity index (χ2v) is 8.23. The Balaban J connectivity index is 1.70. The molecule has 2 aromatic rings. The normalized spacial score (nSPS) is 24.6. The third-order valence-electron chi connectivity index (χ3n) is 4.26. The third kappa shape index (κ3) is 3.99. The van der Waals surface area contributed by atoms with Gasteiger partial charge in [-0.2, -0.15) is 13.2 Å². The lowest BCUT2D eigenvalue weighted by Gasteiger charge is -2.25. The van der Waals surface area contributed by atoms with Gasteiger partial charge in [-0.3, -0.25) is 4.79 Å². The van der Waals surface area contributed by atoms with E-state index in [0.717, 1.165) is 17.8 Å². The van der Waals surface area contributed by atoms with Crippen LogP contribution in [0.1, 0.15) is 12.1 Å². The van der Waals surface area contributed by atoms with Crippen molar-refractivity contribution in [2.45, 2.75) is 35.4 Å². The summed E-state index contributed by atoms with van der Waals surface area (Å²) in [5.74, 6) is -0.247. The molecule has 0 N–H and O–H groups in total. The van der Waals surface area contributed by atoms with E-state index in [1.165, 1.54) is 18.2 Å². The van der Waals surface area contributed by atoms with E-state index in [0.29, 0.717) is 5.56 Å². The number of nitrogens with zero attached hydrogens (tertiary/aromatic N) is 2. The lowest BCUT2D eigenvalue weighted by Crippen LogP contribution is -2.37. The molecule has 148 valence electrons. The number of hydrogen-bond donors (Lipinski definition) is 0. The highest BCUT2D eigenvalue weighted by Crippen LogP contribution is 2.38. The molecule has 3 heterocycles. The minimum atomic E-state index is -4.66. The lowest BCUT2D eigenvalue weighted by molar-refractivity contribution is -0.151. The highest BCUT2D eigenvalue weighted by atomic mass is 35.5. The van der Waals surface area contributed by atoms with Gasteiger partial charge in [0, 0.05) is 17.2 Å². The van der Waals surface area contributed by atoms with Crippen LogP contribution < -0.4 is 0 Å². The van der Waals surface area contributed by atoms with Crippen molar-refractivity contribution in [1.82, 2.24) is 9.97 Å². The molecule has 0 radical (unpaired) electrons. The summed E-state index contributed by atoms with van der Waals surface area (Å²) in [6.45, 7) is 0.201. The molecular weight excluding hydrogens is 440 g/mol. The van der Waals surface area contributed by atoms with E-state index in [4.69, 9.17) is 32.7 Å². The van der Waals surface area contributed by atoms with E-state index in [-0.39, 0.29) is 39.7 Å². The van der Waals surface area contributed by atoms with Gasteiger partial charge < -0.3 is 9.47 Å². The van der Waals surface area contributed by atoms with Crippen molar-refractivity contribution in [1.29, 1.82) is 0 Å². The van der Waals surface area contributed by atoms with Crippen molar-refractivity contribution in [3.63, 3.8) is 0 Å². The largest absolute Gasteiger partial charge is 0.433 e. The van der Waals surface area contributed by atoms with Crippen LogP contribution in [0.2, 0.25) is 10.0 Å². The number of alkyl halides is 3. The summed E-state index contributed by atoms with van der Waals surface area (Å²) >= 11 is 12.8. The number of carbonyl (C=O) groups is 1. The van der Waals surface area contributed by atoms with Gasteiger partial charge in [-0.05, 0) is 18.2 Å². The average molecular weight is 451 g/mol. The number of Topliss-reactive ketones (excluding diaryl/α,β-unsaturated/α-hetero) is 1. The molecule has 0 aliphatic carbocycles. The third-order valence-corrected chi connectivity index (χ3v) is 6.16. The predicted molar refractivity (Wildman–Crippen MR) is 96.4 cm³/mol. The number of benzene rings is 1. The molecule has 0 amide bonds. The smallest absolute Gasteiger partial charge is 0.343 e. The van der Waals surface area contributed by atoms with Crippen molar-refractivity contribution in [2.24, 2.45) is 0 Å². The van der Waals surface area contributed by atoms with Gasteiger partial charge in [0.25, 0.3) is 0 Å². The zero-order chi connectivity index (χ0) is 20.1.